The fourth-order valence-electron chi connectivity index (χ4n) is 3.10. The van der Waals surface area contributed by atoms with Gasteiger partial charge in [0.2, 0.25) is 0 Å². The Labute approximate surface area is 127 Å². The van der Waals surface area contributed by atoms with Gasteiger partial charge in [-0.15, -0.1) is 0 Å². The number of nitrogens with zero attached hydrogens (tertiary/aromatic N) is 3. The van der Waals surface area contributed by atoms with Crippen molar-refractivity contribution in [2.45, 2.75) is 31.7 Å². The third-order valence-corrected chi connectivity index (χ3v) is 4.46. The normalized spacial score (nSPS) is 23.7. The van der Waals surface area contributed by atoms with E-state index in [1.54, 1.807) is 7.05 Å². The number of likely N-dealkylation sites (tertiary alicyclic amines) is 1. The van der Waals surface area contributed by atoms with E-state index in [1.165, 1.54) is 0 Å². The standard InChI is InChI=1S/C14H29N5O2/c1-15-13(20)16-6-11-18-7-3-8-19(14(18)21)12-4-9-17(2)10-5-12/h12-13,15-16,20H,3-11H2,1-2H3. The van der Waals surface area contributed by atoms with Crippen LogP contribution < -0.4 is 10.6 Å². The molecule has 0 spiro atoms. The second-order valence-electron chi connectivity index (χ2n) is 6.00. The largest absolute Gasteiger partial charge is 0.365 e. The molecule has 0 aromatic heterocycles. The fraction of sp³-hybridized carbons (Fsp3) is 0.929. The lowest BCUT2D eigenvalue weighted by Gasteiger charge is -2.43. The monoisotopic (exact) mass is 299 g/mol. The van der Waals surface area contributed by atoms with Crippen LogP contribution in [-0.2, 0) is 0 Å². The van der Waals surface area contributed by atoms with Gasteiger partial charge in [-0.05, 0) is 46.4 Å². The molecule has 7 nitrogen and oxygen atoms in total. The first-order valence-corrected chi connectivity index (χ1v) is 7.94. The molecule has 1 unspecified atom stereocenters. The highest BCUT2D eigenvalue weighted by atomic mass is 16.3. The molecular weight excluding hydrogens is 270 g/mol. The third-order valence-electron chi connectivity index (χ3n) is 4.46. The van der Waals surface area contributed by atoms with Crippen LogP contribution in [0, 0.1) is 0 Å². The van der Waals surface area contributed by atoms with Crippen LogP contribution >= 0.6 is 0 Å². The van der Waals surface area contributed by atoms with Crippen molar-refractivity contribution in [1.29, 1.82) is 0 Å². The van der Waals surface area contributed by atoms with Crippen molar-refractivity contribution in [2.24, 2.45) is 0 Å². The highest BCUT2D eigenvalue weighted by molar-refractivity contribution is 5.75. The van der Waals surface area contributed by atoms with Gasteiger partial charge < -0.3 is 19.8 Å². The zero-order valence-corrected chi connectivity index (χ0v) is 13.2. The van der Waals surface area contributed by atoms with Gasteiger partial charge in [-0.3, -0.25) is 10.6 Å². The van der Waals surface area contributed by atoms with Crippen molar-refractivity contribution in [2.75, 3.05) is 53.4 Å². The molecule has 0 bridgehead atoms. The summed E-state index contributed by atoms with van der Waals surface area (Å²) in [6.45, 7) is 5.08. The molecular formula is C14H29N5O2. The van der Waals surface area contributed by atoms with E-state index < -0.39 is 6.35 Å². The molecule has 2 aliphatic heterocycles. The number of amides is 2. The molecule has 2 fully saturated rings. The van der Waals surface area contributed by atoms with Gasteiger partial charge in [0.1, 0.15) is 0 Å². The summed E-state index contributed by atoms with van der Waals surface area (Å²) in [7, 11) is 3.82. The lowest BCUT2D eigenvalue weighted by molar-refractivity contribution is 0.0770. The summed E-state index contributed by atoms with van der Waals surface area (Å²) in [5, 5.41) is 15.0. The first-order chi connectivity index (χ1) is 10.1. The highest BCUT2D eigenvalue weighted by Crippen LogP contribution is 2.20. The maximum Gasteiger partial charge on any atom is 0.320 e. The van der Waals surface area contributed by atoms with Crippen LogP contribution in [0.5, 0.6) is 0 Å². The molecule has 0 aromatic carbocycles. The van der Waals surface area contributed by atoms with Crippen LogP contribution in [0.4, 0.5) is 4.79 Å². The lowest BCUT2D eigenvalue weighted by Crippen LogP contribution is -2.56. The van der Waals surface area contributed by atoms with Crippen LogP contribution in [0.2, 0.25) is 0 Å². The second-order valence-corrected chi connectivity index (χ2v) is 6.00. The Kier molecular flexibility index (Phi) is 6.22. The molecule has 0 aromatic rings. The smallest absolute Gasteiger partial charge is 0.320 e. The minimum atomic E-state index is -0.713. The average molecular weight is 299 g/mol. The Morgan fingerprint density at radius 2 is 2.00 bits per heavy atom. The maximum absolute atomic E-state index is 12.6. The molecule has 3 N–H and O–H groups in total. The number of hydrogen-bond donors (Lipinski definition) is 3. The van der Waals surface area contributed by atoms with E-state index in [4.69, 9.17) is 0 Å². The summed E-state index contributed by atoms with van der Waals surface area (Å²) in [5.41, 5.74) is 0. The van der Waals surface area contributed by atoms with E-state index in [1.807, 2.05) is 4.90 Å². The van der Waals surface area contributed by atoms with Crippen molar-refractivity contribution >= 4 is 6.03 Å². The molecule has 2 rings (SSSR count). The molecule has 7 heteroatoms. The summed E-state index contributed by atoms with van der Waals surface area (Å²) in [6.07, 6.45) is 2.47. The first kappa shape index (κ1) is 16.5. The van der Waals surface area contributed by atoms with Gasteiger partial charge >= 0.3 is 6.03 Å². The predicted molar refractivity (Wildman–Crippen MR) is 81.9 cm³/mol. The van der Waals surface area contributed by atoms with Crippen molar-refractivity contribution in [3.05, 3.63) is 0 Å². The quantitative estimate of drug-likeness (QED) is 0.566. The summed E-state index contributed by atoms with van der Waals surface area (Å²) in [4.78, 5) is 18.9. The number of aliphatic hydroxyl groups is 1. The average Bonchev–Trinajstić information content (AvgIpc) is 2.50. The summed E-state index contributed by atoms with van der Waals surface area (Å²) >= 11 is 0. The van der Waals surface area contributed by atoms with E-state index in [0.717, 1.165) is 45.4 Å². The molecule has 21 heavy (non-hydrogen) atoms. The van der Waals surface area contributed by atoms with E-state index >= 15 is 0 Å². The summed E-state index contributed by atoms with van der Waals surface area (Å²) in [5.74, 6) is 0. The zero-order chi connectivity index (χ0) is 15.2. The zero-order valence-electron chi connectivity index (χ0n) is 13.2. The molecule has 0 saturated carbocycles. The van der Waals surface area contributed by atoms with E-state index in [-0.39, 0.29) is 6.03 Å². The van der Waals surface area contributed by atoms with Crippen molar-refractivity contribution in [3.8, 4) is 0 Å². The third kappa shape index (κ3) is 4.54. The van der Waals surface area contributed by atoms with E-state index in [2.05, 4.69) is 27.5 Å². The minimum Gasteiger partial charge on any atom is -0.365 e. The van der Waals surface area contributed by atoms with Gasteiger partial charge in [0.05, 0.1) is 0 Å². The van der Waals surface area contributed by atoms with Crippen LogP contribution in [0.1, 0.15) is 19.3 Å². The Morgan fingerprint density at radius 3 is 2.67 bits per heavy atom. The molecule has 2 heterocycles. The Balaban J connectivity index is 1.80. The number of carbonyl (C=O) groups excluding carboxylic acids is 1. The number of carbonyl (C=O) groups is 1. The number of urea groups is 1. The van der Waals surface area contributed by atoms with Gasteiger partial charge in [-0.2, -0.15) is 0 Å². The number of hydrogen-bond acceptors (Lipinski definition) is 5. The van der Waals surface area contributed by atoms with Crippen LogP contribution in [0.3, 0.4) is 0 Å². The molecule has 1 atom stereocenters. The summed E-state index contributed by atoms with van der Waals surface area (Å²) in [6, 6.07) is 0.559. The van der Waals surface area contributed by atoms with Gasteiger partial charge in [0.15, 0.2) is 6.35 Å². The van der Waals surface area contributed by atoms with Crippen LogP contribution in [-0.4, -0.2) is 91.6 Å². The highest BCUT2D eigenvalue weighted by Gasteiger charge is 2.32. The maximum atomic E-state index is 12.6. The molecule has 0 aliphatic carbocycles. The number of nitrogens with one attached hydrogen (secondary N) is 2. The Morgan fingerprint density at radius 1 is 1.29 bits per heavy atom. The van der Waals surface area contributed by atoms with Gasteiger partial charge in [-0.25, -0.2) is 4.79 Å². The number of aliphatic hydroxyl groups excluding tert-OH is 1. The number of piperidine rings is 1. The van der Waals surface area contributed by atoms with Crippen LogP contribution in [0.15, 0.2) is 0 Å². The summed E-state index contributed by atoms with van der Waals surface area (Å²) < 4.78 is 0. The second kappa shape index (κ2) is 7.93. The topological polar surface area (TPSA) is 71.1 Å². The molecule has 2 saturated heterocycles. The minimum absolute atomic E-state index is 0.163. The van der Waals surface area contributed by atoms with E-state index in [0.29, 0.717) is 19.1 Å². The number of rotatable bonds is 6. The Bertz CT molecular complexity index is 333. The van der Waals surface area contributed by atoms with Crippen molar-refractivity contribution < 1.29 is 9.90 Å². The molecule has 2 aliphatic rings. The molecule has 2 amide bonds. The lowest BCUT2D eigenvalue weighted by atomic mass is 10.0. The molecule has 122 valence electrons. The Hall–Kier alpha value is -0.890. The van der Waals surface area contributed by atoms with Gasteiger partial charge in [-0.1, -0.05) is 0 Å². The SMILES string of the molecule is CNC(O)NCCN1CCCN(C2CCN(C)CC2)C1=O. The van der Waals surface area contributed by atoms with Crippen molar-refractivity contribution in [1.82, 2.24) is 25.3 Å². The van der Waals surface area contributed by atoms with E-state index in [9.17, 15) is 9.90 Å². The van der Waals surface area contributed by atoms with Gasteiger partial charge in [0.25, 0.3) is 0 Å². The van der Waals surface area contributed by atoms with Gasteiger partial charge in [0, 0.05) is 32.2 Å². The first-order valence-electron chi connectivity index (χ1n) is 7.94. The fourth-order valence-corrected chi connectivity index (χ4v) is 3.10. The van der Waals surface area contributed by atoms with Crippen LogP contribution in [0.25, 0.3) is 0 Å². The molecule has 0 radical (unpaired) electrons. The predicted octanol–water partition coefficient (Wildman–Crippen LogP) is -0.707. The van der Waals surface area contributed by atoms with Crippen molar-refractivity contribution in [3.63, 3.8) is 0 Å².